The van der Waals surface area contributed by atoms with Gasteiger partial charge in [0.25, 0.3) is 0 Å². The molecular formula is C66H46N2O3. The lowest BCUT2D eigenvalue weighted by atomic mass is 9.82. The predicted molar refractivity (Wildman–Crippen MR) is 292 cm³/mol. The Balaban J connectivity index is 0.924. The largest absolute Gasteiger partial charge is 0.456 e. The van der Waals surface area contributed by atoms with Gasteiger partial charge in [-0.05, 0) is 126 Å². The normalized spacial score (nSPS) is 21.3. The van der Waals surface area contributed by atoms with E-state index in [0.717, 1.165) is 102 Å². The van der Waals surface area contributed by atoms with E-state index in [9.17, 15) is 0 Å². The third-order valence-corrected chi connectivity index (χ3v) is 16.3. The SMILES string of the molecule is C1=CCCC(C2C=Cc3c(c4c5oc6c(ccc7c6c6cc(-c8ccccc8)ccc6n7-c6cccc(-c7ccc8oc9ccccc9c8c7)c6)c5ccc4n3C3=CC4C(C=C3)OC3C=CC=CC34)C2)=C1. The van der Waals surface area contributed by atoms with E-state index in [4.69, 9.17) is 13.6 Å². The summed E-state index contributed by atoms with van der Waals surface area (Å²) in [6.07, 6.45) is 30.9. The number of ether oxygens (including phenoxy) is 1. The van der Waals surface area contributed by atoms with E-state index in [0.29, 0.717) is 11.8 Å². The molecule has 0 radical (unpaired) electrons. The van der Waals surface area contributed by atoms with Crippen LogP contribution in [0, 0.1) is 17.8 Å². The highest BCUT2D eigenvalue weighted by Crippen LogP contribution is 2.49. The van der Waals surface area contributed by atoms with Crippen LogP contribution in [0.4, 0.5) is 0 Å². The van der Waals surface area contributed by atoms with Gasteiger partial charge in [0, 0.05) is 67.1 Å². The summed E-state index contributed by atoms with van der Waals surface area (Å²) < 4.78 is 25.3. The molecule has 7 aromatic carbocycles. The molecule has 4 aliphatic carbocycles. The van der Waals surface area contributed by atoms with Crippen LogP contribution in [-0.2, 0) is 11.2 Å². The van der Waals surface area contributed by atoms with Gasteiger partial charge in [-0.15, -0.1) is 0 Å². The molecule has 11 aromatic rings. The van der Waals surface area contributed by atoms with Crippen LogP contribution in [0.5, 0.6) is 0 Å². The molecule has 5 atom stereocenters. The minimum Gasteiger partial charge on any atom is -0.456 e. The number of para-hydroxylation sites is 1. The van der Waals surface area contributed by atoms with Gasteiger partial charge < -0.3 is 22.7 Å². The second kappa shape index (κ2) is 15.1. The maximum absolute atomic E-state index is 7.57. The van der Waals surface area contributed by atoms with Crippen molar-refractivity contribution in [3.63, 3.8) is 0 Å². The standard InChI is InChI=1S/C66H46N2O3/c1-3-12-39(13-4-1)42-22-28-55-53(36-42)63-57(67(55)45-17-11-16-41(34-45)44-24-32-61-51(35-44)47-18-7-9-20-59(47)69-61)30-26-49-50-27-31-58-64(66(50)71-65(49)63)54-37-43(40-14-5-2-6-15-40)23-29-56(54)68(58)46-25-33-62-52(38-46)48-19-8-10-21-60(48)70-62/h1-5,7-14,16-36,38,43,48,52,60,62H,6,15,37H2. The Morgan fingerprint density at radius 2 is 1.24 bits per heavy atom. The Morgan fingerprint density at radius 1 is 0.493 bits per heavy atom. The number of aromatic nitrogens is 2. The molecule has 1 saturated heterocycles. The third kappa shape index (κ3) is 5.84. The number of fused-ring (bicyclic) bond motifs is 17. The van der Waals surface area contributed by atoms with Gasteiger partial charge in [-0.2, -0.15) is 0 Å². The maximum Gasteiger partial charge on any atom is 0.145 e. The van der Waals surface area contributed by atoms with Gasteiger partial charge in [0.1, 0.15) is 22.3 Å². The average molecular weight is 915 g/mol. The first-order valence-corrected chi connectivity index (χ1v) is 25.2. The third-order valence-electron chi connectivity index (χ3n) is 16.3. The van der Waals surface area contributed by atoms with Gasteiger partial charge in [-0.25, -0.2) is 0 Å². The van der Waals surface area contributed by atoms with E-state index in [1.54, 1.807) is 0 Å². The molecule has 5 unspecified atom stereocenters. The molecule has 0 amide bonds. The summed E-state index contributed by atoms with van der Waals surface area (Å²) >= 11 is 0. The molecule has 71 heavy (non-hydrogen) atoms. The molecule has 338 valence electrons. The van der Waals surface area contributed by atoms with E-state index in [-0.39, 0.29) is 18.1 Å². The van der Waals surface area contributed by atoms with Crippen molar-refractivity contribution in [3.05, 3.63) is 223 Å². The molecule has 1 aliphatic heterocycles. The van der Waals surface area contributed by atoms with E-state index in [1.807, 2.05) is 12.1 Å². The molecule has 5 heteroatoms. The highest BCUT2D eigenvalue weighted by molar-refractivity contribution is 6.27. The first kappa shape index (κ1) is 39.5. The summed E-state index contributed by atoms with van der Waals surface area (Å²) in [5, 5.41) is 8.02. The number of hydrogen-bond acceptors (Lipinski definition) is 3. The van der Waals surface area contributed by atoms with Gasteiger partial charge >= 0.3 is 0 Å². The summed E-state index contributed by atoms with van der Waals surface area (Å²) in [5.74, 6) is 0.904. The minimum atomic E-state index is 0.0637. The van der Waals surface area contributed by atoms with Crippen molar-refractivity contribution in [2.45, 2.75) is 31.5 Å². The molecular weight excluding hydrogens is 869 g/mol. The second-order valence-electron chi connectivity index (χ2n) is 20.1. The predicted octanol–water partition coefficient (Wildman–Crippen LogP) is 16.9. The second-order valence-corrected chi connectivity index (χ2v) is 20.1. The number of rotatable bonds is 5. The molecule has 5 heterocycles. The molecule has 0 spiro atoms. The number of benzene rings is 7. The fourth-order valence-corrected chi connectivity index (χ4v) is 13.0. The van der Waals surface area contributed by atoms with Crippen molar-refractivity contribution < 1.29 is 13.6 Å². The van der Waals surface area contributed by atoms with Crippen LogP contribution in [0.15, 0.2) is 221 Å². The van der Waals surface area contributed by atoms with Gasteiger partial charge in [0.05, 0.1) is 34.1 Å². The number of hydrogen-bond donors (Lipinski definition) is 0. The monoisotopic (exact) mass is 914 g/mol. The van der Waals surface area contributed by atoms with E-state index in [1.165, 1.54) is 44.6 Å². The zero-order valence-corrected chi connectivity index (χ0v) is 38.8. The fourth-order valence-electron chi connectivity index (χ4n) is 13.0. The molecule has 4 aromatic heterocycles. The highest BCUT2D eigenvalue weighted by Gasteiger charge is 2.42. The number of allylic oxidation sites excluding steroid dienone is 9. The lowest BCUT2D eigenvalue weighted by Crippen LogP contribution is -2.21. The summed E-state index contributed by atoms with van der Waals surface area (Å²) in [4.78, 5) is 0. The zero-order chi connectivity index (χ0) is 46.3. The van der Waals surface area contributed by atoms with Crippen LogP contribution in [0.3, 0.4) is 0 Å². The van der Waals surface area contributed by atoms with Crippen LogP contribution < -0.4 is 0 Å². The van der Waals surface area contributed by atoms with Crippen LogP contribution in [-0.4, -0.2) is 21.3 Å². The molecule has 16 rings (SSSR count). The Morgan fingerprint density at radius 3 is 2.14 bits per heavy atom. The van der Waals surface area contributed by atoms with Gasteiger partial charge in [0.2, 0.25) is 0 Å². The lowest BCUT2D eigenvalue weighted by molar-refractivity contribution is 0.0885. The first-order chi connectivity index (χ1) is 35.2. The summed E-state index contributed by atoms with van der Waals surface area (Å²) in [7, 11) is 0. The highest BCUT2D eigenvalue weighted by atomic mass is 16.5. The van der Waals surface area contributed by atoms with E-state index >= 15 is 0 Å². The Hall–Kier alpha value is -8.38. The van der Waals surface area contributed by atoms with Crippen LogP contribution in [0.1, 0.15) is 24.1 Å². The fraction of sp³-hybridized carbons (Fsp3) is 0.121. The maximum atomic E-state index is 7.57. The number of furan rings is 2. The van der Waals surface area contributed by atoms with Gasteiger partial charge in [0.15, 0.2) is 0 Å². The van der Waals surface area contributed by atoms with Crippen molar-refractivity contribution in [1.29, 1.82) is 0 Å². The molecule has 0 saturated carbocycles. The minimum absolute atomic E-state index is 0.0637. The van der Waals surface area contributed by atoms with Crippen LogP contribution >= 0.6 is 0 Å². The lowest BCUT2D eigenvalue weighted by Gasteiger charge is -2.25. The molecule has 1 fully saturated rings. The quantitative estimate of drug-likeness (QED) is 0.173. The summed E-state index contributed by atoms with van der Waals surface area (Å²) in [6.45, 7) is 0. The average Bonchev–Trinajstić information content (AvgIpc) is 4.25. The van der Waals surface area contributed by atoms with Crippen molar-refractivity contribution in [3.8, 4) is 27.9 Å². The van der Waals surface area contributed by atoms with Crippen molar-refractivity contribution in [2.75, 3.05) is 0 Å². The Kier molecular flexibility index (Phi) is 8.37. The Bertz CT molecular complexity index is 4320. The molecule has 5 nitrogen and oxygen atoms in total. The number of nitrogens with zero attached hydrogens (tertiary/aromatic N) is 2. The van der Waals surface area contributed by atoms with Crippen molar-refractivity contribution in [1.82, 2.24) is 9.13 Å². The molecule has 0 bridgehead atoms. The van der Waals surface area contributed by atoms with Crippen molar-refractivity contribution in [2.24, 2.45) is 17.8 Å². The van der Waals surface area contributed by atoms with Crippen molar-refractivity contribution >= 4 is 88.4 Å². The van der Waals surface area contributed by atoms with Crippen LogP contribution in [0.2, 0.25) is 0 Å². The van der Waals surface area contributed by atoms with Gasteiger partial charge in [-0.1, -0.05) is 139 Å². The summed E-state index contributed by atoms with van der Waals surface area (Å²) in [6, 6.07) is 50.7. The van der Waals surface area contributed by atoms with Gasteiger partial charge in [-0.3, -0.25) is 0 Å². The summed E-state index contributed by atoms with van der Waals surface area (Å²) in [5.41, 5.74) is 18.1. The topological polar surface area (TPSA) is 45.4 Å². The molecule has 5 aliphatic rings. The molecule has 0 N–H and O–H groups in total. The van der Waals surface area contributed by atoms with E-state index in [2.05, 4.69) is 209 Å². The smallest absolute Gasteiger partial charge is 0.145 e. The van der Waals surface area contributed by atoms with E-state index < -0.39 is 0 Å². The Labute approximate surface area is 409 Å². The van der Waals surface area contributed by atoms with Crippen LogP contribution in [0.25, 0.3) is 116 Å². The zero-order valence-electron chi connectivity index (χ0n) is 38.8. The first-order valence-electron chi connectivity index (χ1n) is 25.2.